The number of aliphatic hydroxyl groups is 1. The Bertz CT molecular complexity index is 558. The lowest BCUT2D eigenvalue weighted by Gasteiger charge is -2.67. The fourth-order valence-electron chi connectivity index (χ4n) is 7.12. The largest absolute Gasteiger partial charge is 0.390 e. The molecule has 2 heteroatoms. The fraction of sp³-hybridized carbons (Fsp3) is 0.850. The van der Waals surface area contributed by atoms with E-state index in [2.05, 4.69) is 32.9 Å². The van der Waals surface area contributed by atoms with Crippen LogP contribution < -0.4 is 0 Å². The summed E-state index contributed by atoms with van der Waals surface area (Å²) in [5.41, 5.74) is -0.263. The Morgan fingerprint density at radius 2 is 1.86 bits per heavy atom. The van der Waals surface area contributed by atoms with Crippen molar-refractivity contribution in [3.8, 4) is 0 Å². The first-order valence-electron chi connectivity index (χ1n) is 9.07. The Balaban J connectivity index is 1.77. The molecule has 3 saturated carbocycles. The Kier molecular flexibility index (Phi) is 2.76. The summed E-state index contributed by atoms with van der Waals surface area (Å²) in [6.45, 7) is 8.85. The molecule has 122 valence electrons. The minimum atomic E-state index is -0.533. The third-order valence-corrected chi connectivity index (χ3v) is 8.30. The predicted octanol–water partition coefficient (Wildman–Crippen LogP) is 4.13. The van der Waals surface area contributed by atoms with E-state index in [1.807, 2.05) is 6.92 Å². The van der Waals surface area contributed by atoms with Gasteiger partial charge in [-0.25, -0.2) is 0 Å². The average molecular weight is 302 g/mol. The lowest BCUT2D eigenvalue weighted by atomic mass is 9.37. The first-order chi connectivity index (χ1) is 10.1. The van der Waals surface area contributed by atoms with Crippen LogP contribution in [0.3, 0.4) is 0 Å². The lowest BCUT2D eigenvalue weighted by molar-refractivity contribution is -0.188. The molecule has 0 radical (unpaired) electrons. The minimum absolute atomic E-state index is 0.169. The van der Waals surface area contributed by atoms with E-state index in [0.717, 1.165) is 38.5 Å². The molecule has 2 bridgehead atoms. The lowest BCUT2D eigenvalue weighted by Crippen LogP contribution is -2.63. The highest BCUT2D eigenvalue weighted by molar-refractivity contribution is 5.85. The van der Waals surface area contributed by atoms with Crippen LogP contribution in [0.25, 0.3) is 0 Å². The second-order valence-electron chi connectivity index (χ2n) is 9.76. The summed E-state index contributed by atoms with van der Waals surface area (Å²) in [6.07, 6.45) is 10.9. The monoisotopic (exact) mass is 302 g/mol. The van der Waals surface area contributed by atoms with Gasteiger partial charge < -0.3 is 5.11 Å². The van der Waals surface area contributed by atoms with Gasteiger partial charge >= 0.3 is 0 Å². The minimum Gasteiger partial charge on any atom is -0.390 e. The van der Waals surface area contributed by atoms with E-state index in [9.17, 15) is 9.90 Å². The molecule has 0 saturated heterocycles. The molecule has 5 aliphatic carbocycles. The molecule has 0 unspecified atom stereocenters. The van der Waals surface area contributed by atoms with E-state index in [1.165, 1.54) is 0 Å². The van der Waals surface area contributed by atoms with Crippen molar-refractivity contribution in [1.82, 2.24) is 0 Å². The van der Waals surface area contributed by atoms with Gasteiger partial charge in [0.2, 0.25) is 0 Å². The number of carbonyl (C=O) groups is 1. The van der Waals surface area contributed by atoms with Crippen LogP contribution >= 0.6 is 0 Å². The number of hydrogen-bond donors (Lipinski definition) is 1. The van der Waals surface area contributed by atoms with Gasteiger partial charge in [-0.1, -0.05) is 32.9 Å². The molecule has 5 aliphatic rings. The Labute approximate surface area is 134 Å². The summed E-state index contributed by atoms with van der Waals surface area (Å²) in [7, 11) is 0. The molecule has 3 fully saturated rings. The maximum absolute atomic E-state index is 12.5. The number of ketones is 1. The van der Waals surface area contributed by atoms with Gasteiger partial charge in [0.1, 0.15) is 5.78 Å². The van der Waals surface area contributed by atoms with Crippen LogP contribution in [0.15, 0.2) is 12.2 Å². The normalized spacial score (nSPS) is 55.7. The molecular formula is C20H30O2. The highest BCUT2D eigenvalue weighted by atomic mass is 16.3. The Morgan fingerprint density at radius 3 is 2.55 bits per heavy atom. The van der Waals surface area contributed by atoms with Crippen molar-refractivity contribution in [2.24, 2.45) is 34.0 Å². The molecule has 0 amide bonds. The topological polar surface area (TPSA) is 37.3 Å². The smallest absolute Gasteiger partial charge is 0.138 e. The van der Waals surface area contributed by atoms with E-state index >= 15 is 0 Å². The summed E-state index contributed by atoms with van der Waals surface area (Å²) in [6, 6.07) is 0. The first kappa shape index (κ1) is 14.9. The van der Waals surface area contributed by atoms with Gasteiger partial charge in [0.15, 0.2) is 0 Å². The van der Waals surface area contributed by atoms with E-state index in [0.29, 0.717) is 23.5 Å². The van der Waals surface area contributed by atoms with Gasteiger partial charge in [-0.3, -0.25) is 4.79 Å². The summed E-state index contributed by atoms with van der Waals surface area (Å²) in [4.78, 5) is 12.5. The van der Waals surface area contributed by atoms with Crippen molar-refractivity contribution >= 4 is 5.78 Å². The number of allylic oxidation sites excluding steroid dienone is 1. The number of Topliss-reactive ketones (excluding diaryl/α,β-unsaturated/α-hetero) is 1. The van der Waals surface area contributed by atoms with E-state index in [-0.39, 0.29) is 16.2 Å². The highest BCUT2D eigenvalue weighted by Crippen LogP contribution is 2.70. The maximum Gasteiger partial charge on any atom is 0.138 e. The van der Waals surface area contributed by atoms with E-state index in [4.69, 9.17) is 0 Å². The second-order valence-corrected chi connectivity index (χ2v) is 9.76. The summed E-state index contributed by atoms with van der Waals surface area (Å²) in [5.74, 6) is 1.92. The van der Waals surface area contributed by atoms with Gasteiger partial charge in [0, 0.05) is 17.8 Å². The van der Waals surface area contributed by atoms with Crippen LogP contribution in [0.4, 0.5) is 0 Å². The molecule has 0 aromatic rings. The predicted molar refractivity (Wildman–Crippen MR) is 87.3 cm³/mol. The van der Waals surface area contributed by atoms with E-state index in [1.54, 1.807) is 0 Å². The first-order valence-corrected chi connectivity index (χ1v) is 9.07. The molecule has 0 aromatic carbocycles. The number of carbonyl (C=O) groups excluding carboxylic acids is 1. The van der Waals surface area contributed by atoms with Crippen molar-refractivity contribution in [2.75, 3.05) is 0 Å². The third kappa shape index (κ3) is 1.63. The standard InChI is InChI=1S/C20H30O2/c1-17(2)14-6-10-20-9-5-13(19(4,22)12-20)11-15(20)18(14,3)8-7-16(17)21/h5,9,13-15,22H,6-8,10-12H2,1-4H3/t13-,14+,15-,18+,19-,20+/m0/s1. The molecular weight excluding hydrogens is 272 g/mol. The fourth-order valence-corrected chi connectivity index (χ4v) is 7.12. The van der Waals surface area contributed by atoms with Crippen molar-refractivity contribution in [2.45, 2.75) is 71.8 Å². The van der Waals surface area contributed by atoms with Crippen LogP contribution in [-0.2, 0) is 4.79 Å². The molecule has 22 heavy (non-hydrogen) atoms. The summed E-state index contributed by atoms with van der Waals surface area (Å²) < 4.78 is 0. The number of fused-ring (bicyclic) bond motifs is 2. The van der Waals surface area contributed by atoms with Gasteiger partial charge in [-0.05, 0) is 61.7 Å². The Morgan fingerprint density at radius 1 is 1.14 bits per heavy atom. The van der Waals surface area contributed by atoms with Crippen LogP contribution in [0.2, 0.25) is 0 Å². The molecule has 1 N–H and O–H groups in total. The van der Waals surface area contributed by atoms with Crippen molar-refractivity contribution in [1.29, 1.82) is 0 Å². The third-order valence-electron chi connectivity index (χ3n) is 8.30. The van der Waals surface area contributed by atoms with Crippen LogP contribution in [0, 0.1) is 34.0 Å². The van der Waals surface area contributed by atoms with Crippen LogP contribution in [0.1, 0.15) is 66.2 Å². The maximum atomic E-state index is 12.5. The average Bonchev–Trinajstić information content (AvgIpc) is 2.42. The molecule has 2 nitrogen and oxygen atoms in total. The molecule has 0 aromatic heterocycles. The van der Waals surface area contributed by atoms with E-state index < -0.39 is 5.60 Å². The number of hydrogen-bond acceptors (Lipinski definition) is 2. The molecule has 0 aliphatic heterocycles. The summed E-state index contributed by atoms with van der Waals surface area (Å²) in [5, 5.41) is 10.8. The summed E-state index contributed by atoms with van der Waals surface area (Å²) >= 11 is 0. The van der Waals surface area contributed by atoms with Crippen molar-refractivity contribution < 1.29 is 9.90 Å². The number of rotatable bonds is 0. The molecule has 0 heterocycles. The van der Waals surface area contributed by atoms with Crippen LogP contribution in [-0.4, -0.2) is 16.5 Å². The Hall–Kier alpha value is -0.630. The van der Waals surface area contributed by atoms with Gasteiger partial charge in [-0.2, -0.15) is 0 Å². The van der Waals surface area contributed by atoms with Gasteiger partial charge in [0.25, 0.3) is 0 Å². The zero-order chi connectivity index (χ0) is 16.0. The quantitative estimate of drug-likeness (QED) is 0.683. The van der Waals surface area contributed by atoms with Crippen molar-refractivity contribution in [3.63, 3.8) is 0 Å². The molecule has 5 rings (SSSR count). The molecule has 6 atom stereocenters. The SMILES string of the molecule is CC1(C)C(=O)CC[C@]2(C)[C@@H]1CC[C@@]13C=C[C@@H](C[C@H]12)[C@@](C)(O)C3. The zero-order valence-corrected chi connectivity index (χ0v) is 14.5. The second kappa shape index (κ2) is 4.06. The molecule has 1 spiro atoms. The van der Waals surface area contributed by atoms with Crippen LogP contribution in [0.5, 0.6) is 0 Å². The zero-order valence-electron chi connectivity index (χ0n) is 14.5. The highest BCUT2D eigenvalue weighted by Gasteiger charge is 2.65. The van der Waals surface area contributed by atoms with Crippen molar-refractivity contribution in [3.05, 3.63) is 12.2 Å². The van der Waals surface area contributed by atoms with Gasteiger partial charge in [0.05, 0.1) is 5.60 Å². The van der Waals surface area contributed by atoms with Gasteiger partial charge in [-0.15, -0.1) is 0 Å².